The van der Waals surface area contributed by atoms with Gasteiger partial charge in [0.05, 0.1) is 0 Å². The number of piperidine rings is 1. The molecule has 19 heavy (non-hydrogen) atoms. The lowest BCUT2D eigenvalue weighted by molar-refractivity contribution is 0.0295. The van der Waals surface area contributed by atoms with Gasteiger partial charge in [0.25, 0.3) is 0 Å². The molecule has 110 valence electrons. The van der Waals surface area contributed by atoms with E-state index in [1.165, 1.54) is 19.3 Å². The summed E-state index contributed by atoms with van der Waals surface area (Å²) in [6, 6.07) is 0. The number of thiocarbonyl (C=S) groups is 2. The van der Waals surface area contributed by atoms with E-state index in [4.69, 9.17) is 24.4 Å². The number of hydrogen-bond acceptors (Lipinski definition) is 3. The maximum absolute atomic E-state index is 5.24. The van der Waals surface area contributed by atoms with Gasteiger partial charge in [-0.25, -0.2) is 5.01 Å². The summed E-state index contributed by atoms with van der Waals surface area (Å²) in [6.45, 7) is 4.08. The first-order valence-corrected chi connectivity index (χ1v) is 8.54. The van der Waals surface area contributed by atoms with Crippen LogP contribution in [0.3, 0.4) is 0 Å². The Labute approximate surface area is 138 Å². The van der Waals surface area contributed by atoms with Crippen molar-refractivity contribution in [1.29, 1.82) is 0 Å². The van der Waals surface area contributed by atoms with Crippen LogP contribution in [0.2, 0.25) is 0 Å². The Bertz CT molecular complexity index is 293. The largest absolute Gasteiger partial charge is 0.371 e. The minimum Gasteiger partial charge on any atom is -0.371 e. The van der Waals surface area contributed by atoms with Gasteiger partial charge in [-0.15, -0.1) is 25.3 Å². The molecule has 0 bridgehead atoms. The smallest absolute Gasteiger partial charge is 0.147 e. The molecule has 0 atom stereocenters. The molecule has 0 aromatic heterocycles. The van der Waals surface area contributed by atoms with Crippen LogP contribution in [0.4, 0.5) is 0 Å². The summed E-state index contributed by atoms with van der Waals surface area (Å²) in [5.41, 5.74) is 0. The Kier molecular flexibility index (Phi) is 9.40. The van der Waals surface area contributed by atoms with Gasteiger partial charge >= 0.3 is 0 Å². The SMILES string of the molecule is S=C(S)NCCCCCN(C(=S)S)N1CCCCC1. The highest BCUT2D eigenvalue weighted by molar-refractivity contribution is 8.11. The first-order chi connectivity index (χ1) is 9.11. The molecule has 0 unspecified atom stereocenters. The zero-order valence-electron chi connectivity index (χ0n) is 11.2. The number of nitrogens with zero attached hydrogens (tertiary/aromatic N) is 2. The van der Waals surface area contributed by atoms with Crippen molar-refractivity contribution in [2.75, 3.05) is 26.2 Å². The standard InChI is InChI=1S/C12H23N3S4/c16-11(17)13-7-3-1-6-10-15(12(18)19)14-8-4-2-5-9-14/h1-10H2,(H,18,19)(H2,13,16,17). The molecular formula is C12H23N3S4. The Morgan fingerprint density at radius 3 is 2.32 bits per heavy atom. The van der Waals surface area contributed by atoms with Crippen LogP contribution in [0.15, 0.2) is 0 Å². The predicted octanol–water partition coefficient (Wildman–Crippen LogP) is 2.88. The lowest BCUT2D eigenvalue weighted by Gasteiger charge is -2.37. The topological polar surface area (TPSA) is 18.5 Å². The van der Waals surface area contributed by atoms with Gasteiger partial charge in [-0.05, 0) is 32.1 Å². The van der Waals surface area contributed by atoms with E-state index in [1.54, 1.807) is 0 Å². The summed E-state index contributed by atoms with van der Waals surface area (Å²) < 4.78 is 1.27. The molecule has 0 spiro atoms. The van der Waals surface area contributed by atoms with Crippen molar-refractivity contribution in [1.82, 2.24) is 15.3 Å². The lowest BCUT2D eigenvalue weighted by atomic mass is 10.1. The summed E-state index contributed by atoms with van der Waals surface area (Å²) in [4.78, 5) is 0. The number of hydrazine groups is 1. The average molecular weight is 338 g/mol. The van der Waals surface area contributed by atoms with Crippen molar-refractivity contribution < 1.29 is 0 Å². The summed E-state index contributed by atoms with van der Waals surface area (Å²) in [5.74, 6) is 0. The van der Waals surface area contributed by atoms with Crippen molar-refractivity contribution in [2.24, 2.45) is 0 Å². The Balaban J connectivity index is 2.18. The highest BCUT2D eigenvalue weighted by Crippen LogP contribution is 2.14. The molecule has 1 heterocycles. The van der Waals surface area contributed by atoms with Crippen molar-refractivity contribution in [3.05, 3.63) is 0 Å². The number of hydrogen-bond donors (Lipinski definition) is 3. The van der Waals surface area contributed by atoms with Crippen LogP contribution in [0, 0.1) is 0 Å². The third kappa shape index (κ3) is 7.70. The molecule has 1 saturated heterocycles. The highest BCUT2D eigenvalue weighted by atomic mass is 32.1. The second-order valence-corrected chi connectivity index (χ2v) is 6.98. The van der Waals surface area contributed by atoms with E-state index in [2.05, 4.69) is 40.6 Å². The predicted molar refractivity (Wildman–Crippen MR) is 97.2 cm³/mol. The number of unbranched alkanes of at least 4 members (excludes halogenated alkanes) is 2. The van der Waals surface area contributed by atoms with Gasteiger partial charge < -0.3 is 5.32 Å². The van der Waals surface area contributed by atoms with Gasteiger partial charge in [0, 0.05) is 26.2 Å². The summed E-state index contributed by atoms with van der Waals surface area (Å²) in [6.07, 6.45) is 7.24. The normalized spacial score (nSPS) is 16.1. The Hall–Kier alpha value is 0.440. The molecule has 0 aromatic rings. The van der Waals surface area contributed by atoms with Crippen LogP contribution < -0.4 is 5.32 Å². The van der Waals surface area contributed by atoms with Gasteiger partial charge in [-0.1, -0.05) is 30.9 Å². The molecule has 0 saturated carbocycles. The fourth-order valence-electron chi connectivity index (χ4n) is 2.24. The van der Waals surface area contributed by atoms with E-state index >= 15 is 0 Å². The van der Waals surface area contributed by atoms with E-state index in [-0.39, 0.29) is 0 Å². The Morgan fingerprint density at radius 1 is 1.05 bits per heavy atom. The summed E-state index contributed by atoms with van der Waals surface area (Å²) in [5, 5.41) is 7.56. The molecule has 7 heteroatoms. The fourth-order valence-corrected chi connectivity index (χ4v) is 2.88. The van der Waals surface area contributed by atoms with Gasteiger partial charge in [0.15, 0.2) is 0 Å². The van der Waals surface area contributed by atoms with Gasteiger partial charge in [-0.3, -0.25) is 5.01 Å². The molecule has 1 N–H and O–H groups in total. The van der Waals surface area contributed by atoms with Crippen LogP contribution in [-0.2, 0) is 0 Å². The third-order valence-corrected chi connectivity index (χ3v) is 3.96. The molecule has 0 amide bonds. The zero-order valence-corrected chi connectivity index (χ0v) is 14.6. The average Bonchev–Trinajstić information content (AvgIpc) is 2.38. The van der Waals surface area contributed by atoms with E-state index < -0.39 is 0 Å². The molecular weight excluding hydrogens is 314 g/mol. The zero-order chi connectivity index (χ0) is 14.1. The fraction of sp³-hybridized carbons (Fsp3) is 0.833. The summed E-state index contributed by atoms with van der Waals surface area (Å²) in [7, 11) is 0. The van der Waals surface area contributed by atoms with Crippen LogP contribution >= 0.6 is 49.7 Å². The molecule has 0 aliphatic carbocycles. The minimum atomic E-state index is 0.575. The van der Waals surface area contributed by atoms with E-state index in [1.807, 2.05) is 0 Å². The second kappa shape index (κ2) is 10.2. The minimum absolute atomic E-state index is 0.575. The van der Waals surface area contributed by atoms with Crippen LogP contribution in [0.5, 0.6) is 0 Å². The van der Waals surface area contributed by atoms with Gasteiger partial charge in [-0.2, -0.15) is 0 Å². The van der Waals surface area contributed by atoms with E-state index in [0.29, 0.717) is 8.64 Å². The molecule has 3 nitrogen and oxygen atoms in total. The lowest BCUT2D eigenvalue weighted by Crippen LogP contribution is -2.47. The van der Waals surface area contributed by atoms with Crippen LogP contribution in [0.1, 0.15) is 38.5 Å². The number of rotatable bonds is 7. The third-order valence-electron chi connectivity index (χ3n) is 3.22. The first-order valence-electron chi connectivity index (χ1n) is 6.83. The van der Waals surface area contributed by atoms with E-state index in [9.17, 15) is 0 Å². The maximum atomic E-state index is 5.24. The molecule has 1 rings (SSSR count). The van der Waals surface area contributed by atoms with Crippen molar-refractivity contribution in [3.63, 3.8) is 0 Å². The molecule has 1 fully saturated rings. The molecule has 0 radical (unpaired) electrons. The number of nitrogens with one attached hydrogen (secondary N) is 1. The monoisotopic (exact) mass is 337 g/mol. The molecule has 1 aliphatic rings. The first kappa shape index (κ1) is 17.5. The van der Waals surface area contributed by atoms with Gasteiger partial charge in [0.2, 0.25) is 0 Å². The number of thiol groups is 2. The van der Waals surface area contributed by atoms with Crippen molar-refractivity contribution in [3.8, 4) is 0 Å². The second-order valence-electron chi connectivity index (χ2n) is 4.71. The Morgan fingerprint density at radius 2 is 1.74 bits per heavy atom. The van der Waals surface area contributed by atoms with Crippen molar-refractivity contribution in [2.45, 2.75) is 38.5 Å². The van der Waals surface area contributed by atoms with Crippen LogP contribution in [-0.4, -0.2) is 44.8 Å². The summed E-state index contributed by atoms with van der Waals surface area (Å²) >= 11 is 18.5. The quantitative estimate of drug-likeness (QED) is 0.376. The van der Waals surface area contributed by atoms with E-state index in [0.717, 1.165) is 45.4 Å². The van der Waals surface area contributed by atoms with Crippen molar-refractivity contribution >= 4 is 58.3 Å². The maximum Gasteiger partial charge on any atom is 0.147 e. The van der Waals surface area contributed by atoms with Gasteiger partial charge in [0.1, 0.15) is 8.64 Å². The van der Waals surface area contributed by atoms with Crippen LogP contribution in [0.25, 0.3) is 0 Å². The highest BCUT2D eigenvalue weighted by Gasteiger charge is 2.18. The molecule has 1 aliphatic heterocycles. The molecule has 0 aromatic carbocycles.